The molecule has 1 aromatic heterocycles. The number of hydrogen-bond donors (Lipinski definition) is 4. The Labute approximate surface area is 475 Å². The molecule has 4 N–H and O–H groups in total. The third-order valence-corrected chi connectivity index (χ3v) is 12.3. The summed E-state index contributed by atoms with van der Waals surface area (Å²) in [4.78, 5) is 124. The predicted molar refractivity (Wildman–Crippen MR) is 279 cm³/mol. The molecule has 0 spiro atoms. The van der Waals surface area contributed by atoms with Crippen molar-refractivity contribution in [1.29, 1.82) is 0 Å². The lowest BCUT2D eigenvalue weighted by atomic mass is 9.97. The summed E-state index contributed by atoms with van der Waals surface area (Å²) < 4.78 is 63.0. The molecule has 4 heterocycles. The van der Waals surface area contributed by atoms with Crippen LogP contribution < -0.4 is 29.9 Å². The van der Waals surface area contributed by atoms with Crippen molar-refractivity contribution in [3.05, 3.63) is 71.1 Å². The van der Waals surface area contributed by atoms with E-state index < -0.39 is 109 Å². The Balaban J connectivity index is 1.26. The van der Waals surface area contributed by atoms with E-state index in [1.54, 1.807) is 20.8 Å². The standard InChI is InChI=1S/C53H67N7O23/c1-28-21-37-47(66)60(36-24-40(39(72-8)23-33(36)46(65)59(37)25-28)75-17-12-10-11-16-58-26-35(48(67)68)55-57-58)52(71)76-27-32-13-14-38(34(22-32)45(64)54-15-18-74-19-20-77-56-51(70)83-53(5,6)7)81-50-44(80-31(4)63)42(79-30(3)62)41(78-29(2)61)43(82-50)49(69)73-9/h13-14,22-24,26,37,41-44,47,50,66H,1,10-12,15-21,25,27H2,2-9H3,(H,54,64)(H,56,70)(H,67,68)/t37-,41-,42-,43-,44+,47?,50+/m0/s1. The number of hydroxylamine groups is 1. The number of carboxylic acids is 1. The first-order valence-corrected chi connectivity index (χ1v) is 26.0. The van der Waals surface area contributed by atoms with Gasteiger partial charge in [-0.3, -0.25) is 33.5 Å². The molecule has 2 fully saturated rings. The fourth-order valence-electron chi connectivity index (χ4n) is 8.83. The van der Waals surface area contributed by atoms with Crippen molar-refractivity contribution < 1.29 is 110 Å². The molecule has 3 aromatic rings. The first-order chi connectivity index (χ1) is 39.4. The monoisotopic (exact) mass is 1170 g/mol. The van der Waals surface area contributed by atoms with E-state index in [0.717, 1.165) is 32.8 Å². The zero-order chi connectivity index (χ0) is 60.7. The van der Waals surface area contributed by atoms with E-state index in [1.807, 2.05) is 0 Å². The van der Waals surface area contributed by atoms with E-state index in [0.29, 0.717) is 31.4 Å². The maximum Gasteiger partial charge on any atom is 0.431 e. The Morgan fingerprint density at radius 2 is 1.57 bits per heavy atom. The molecule has 0 saturated carbocycles. The molecule has 7 atom stereocenters. The molecule has 6 rings (SSSR count). The number of unbranched alkanes of at least 4 members (excludes halogenated alkanes) is 2. The van der Waals surface area contributed by atoms with Crippen LogP contribution >= 0.6 is 0 Å². The second-order valence-electron chi connectivity index (χ2n) is 19.8. The van der Waals surface area contributed by atoms with Crippen molar-refractivity contribution >= 4 is 59.5 Å². The highest BCUT2D eigenvalue weighted by Gasteiger charge is 2.56. The fourth-order valence-corrected chi connectivity index (χ4v) is 8.83. The molecule has 30 nitrogen and oxygen atoms in total. The maximum absolute atomic E-state index is 14.5. The van der Waals surface area contributed by atoms with Gasteiger partial charge in [0, 0.05) is 46.5 Å². The van der Waals surface area contributed by atoms with E-state index in [-0.39, 0.29) is 91.3 Å². The van der Waals surface area contributed by atoms with Gasteiger partial charge < -0.3 is 72.5 Å². The Kier molecular flexibility index (Phi) is 22.1. The van der Waals surface area contributed by atoms with Gasteiger partial charge in [-0.05, 0) is 70.2 Å². The lowest BCUT2D eigenvalue weighted by Gasteiger charge is -2.43. The lowest BCUT2D eigenvalue weighted by Crippen LogP contribution is -2.64. The van der Waals surface area contributed by atoms with Crippen molar-refractivity contribution in [3.63, 3.8) is 0 Å². The van der Waals surface area contributed by atoms with Crippen LogP contribution in [0.4, 0.5) is 15.3 Å². The smallest absolute Gasteiger partial charge is 0.431 e. The topological polar surface area (TPSA) is 366 Å². The number of aryl methyl sites for hydroxylation is 1. The highest BCUT2D eigenvalue weighted by atomic mass is 16.7. The van der Waals surface area contributed by atoms with Crippen LogP contribution in [-0.2, 0) is 75.1 Å². The van der Waals surface area contributed by atoms with Crippen LogP contribution in [-0.4, -0.2) is 186 Å². The molecule has 0 aliphatic carbocycles. The number of amides is 4. The summed E-state index contributed by atoms with van der Waals surface area (Å²) in [5.41, 5.74) is 1.54. The van der Waals surface area contributed by atoms with Crippen LogP contribution in [0.25, 0.3) is 0 Å². The number of carboxylic acid groups (broad SMARTS) is 1. The van der Waals surface area contributed by atoms with E-state index in [4.69, 9.17) is 62.0 Å². The summed E-state index contributed by atoms with van der Waals surface area (Å²) in [6.07, 6.45) is -9.44. The van der Waals surface area contributed by atoms with Crippen molar-refractivity contribution in [2.45, 2.75) is 129 Å². The molecule has 2 aromatic carbocycles. The Morgan fingerprint density at radius 3 is 2.23 bits per heavy atom. The number of rotatable bonds is 25. The van der Waals surface area contributed by atoms with Gasteiger partial charge in [0.1, 0.15) is 18.0 Å². The van der Waals surface area contributed by atoms with Crippen LogP contribution in [0.5, 0.6) is 17.2 Å². The molecule has 0 bridgehead atoms. The minimum atomic E-state index is -1.89. The molecule has 4 amide bonds. The number of anilines is 1. The van der Waals surface area contributed by atoms with E-state index >= 15 is 0 Å². The molecule has 1 unspecified atom stereocenters. The van der Waals surface area contributed by atoms with Gasteiger partial charge in [0.25, 0.3) is 11.8 Å². The van der Waals surface area contributed by atoms with Gasteiger partial charge in [0.15, 0.2) is 41.7 Å². The largest absolute Gasteiger partial charge is 0.493 e. The maximum atomic E-state index is 14.5. The van der Waals surface area contributed by atoms with Crippen molar-refractivity contribution in [2.75, 3.05) is 58.6 Å². The van der Waals surface area contributed by atoms with E-state index in [9.17, 15) is 48.3 Å². The molecule has 0 radical (unpaired) electrons. The highest BCUT2D eigenvalue weighted by Crippen LogP contribution is 2.42. The molecule has 2 saturated heterocycles. The lowest BCUT2D eigenvalue weighted by molar-refractivity contribution is -0.282. The molecule has 452 valence electrons. The van der Waals surface area contributed by atoms with Crippen LogP contribution in [0.3, 0.4) is 0 Å². The Hall–Kier alpha value is -8.61. The zero-order valence-electron chi connectivity index (χ0n) is 46.9. The number of benzene rings is 2. The van der Waals surface area contributed by atoms with Gasteiger partial charge in [0.05, 0.1) is 69.7 Å². The number of methoxy groups -OCH3 is 2. The molecular formula is C53H67N7O23. The van der Waals surface area contributed by atoms with Crippen LogP contribution in [0.1, 0.15) is 104 Å². The SMILES string of the molecule is C=C1C[C@H]2C(O)N(C(=O)OCc3ccc(O[C@@H]4O[C@H](C(=O)OC)[C@@H](OC(C)=O)[C@H](OC(C)=O)[C@H]4OC(C)=O)c(C(=O)NCCOCCONC(=O)OC(C)(C)C)c3)c3cc(OCCCCCn4cc(C(=O)O)nn4)c(OC)cc3C(=O)N2C1. The minimum absolute atomic E-state index is 0.0352. The number of aliphatic hydroxyl groups is 1. The number of nitrogens with zero attached hydrogens (tertiary/aromatic N) is 5. The zero-order valence-corrected chi connectivity index (χ0v) is 46.9. The predicted octanol–water partition coefficient (Wildman–Crippen LogP) is 2.75. The molecular weight excluding hydrogens is 1100 g/mol. The van der Waals surface area contributed by atoms with Gasteiger partial charge in [-0.25, -0.2) is 24.1 Å². The van der Waals surface area contributed by atoms with Gasteiger partial charge in [-0.1, -0.05) is 23.4 Å². The van der Waals surface area contributed by atoms with Gasteiger partial charge >= 0.3 is 42.0 Å². The molecule has 30 heteroatoms. The summed E-state index contributed by atoms with van der Waals surface area (Å²) in [6, 6.07) is 5.69. The van der Waals surface area contributed by atoms with Gasteiger partial charge in [0.2, 0.25) is 12.4 Å². The average molecular weight is 1170 g/mol. The Bertz CT molecular complexity index is 2890. The Morgan fingerprint density at radius 1 is 0.855 bits per heavy atom. The van der Waals surface area contributed by atoms with E-state index in [1.165, 1.54) is 53.2 Å². The number of hydrogen-bond acceptors (Lipinski definition) is 24. The number of aromatic nitrogens is 3. The number of fused-ring (bicyclic) bond motifs is 2. The van der Waals surface area contributed by atoms with Crippen molar-refractivity contribution in [1.82, 2.24) is 30.7 Å². The first kappa shape index (κ1) is 63.6. The number of esters is 4. The minimum Gasteiger partial charge on any atom is -0.493 e. The average Bonchev–Trinajstić information content (AvgIpc) is 4.30. The summed E-state index contributed by atoms with van der Waals surface area (Å²) in [5.74, 6) is -6.57. The van der Waals surface area contributed by atoms with Crippen LogP contribution in [0.15, 0.2) is 48.7 Å². The second kappa shape index (κ2) is 28.9. The number of carbonyl (C=O) groups is 9. The fraction of sp³-hybridized carbons (Fsp3) is 0.528. The number of carbonyl (C=O) groups excluding carboxylic acids is 8. The number of aliphatic hydroxyl groups excluding tert-OH is 1. The number of aromatic carboxylic acids is 1. The van der Waals surface area contributed by atoms with Gasteiger partial charge in [-0.15, -0.1) is 5.10 Å². The first-order valence-electron chi connectivity index (χ1n) is 26.0. The number of ether oxygens (including phenoxy) is 11. The van der Waals surface area contributed by atoms with Crippen LogP contribution in [0, 0.1) is 0 Å². The summed E-state index contributed by atoms with van der Waals surface area (Å²) in [6.45, 7) is 11.7. The van der Waals surface area contributed by atoms with Crippen molar-refractivity contribution in [3.8, 4) is 17.2 Å². The second-order valence-corrected chi connectivity index (χ2v) is 19.8. The molecule has 83 heavy (non-hydrogen) atoms. The van der Waals surface area contributed by atoms with Crippen molar-refractivity contribution in [2.24, 2.45) is 0 Å². The summed E-state index contributed by atoms with van der Waals surface area (Å²) in [5, 5.41) is 31.3. The summed E-state index contributed by atoms with van der Waals surface area (Å²) in [7, 11) is 2.37. The van der Waals surface area contributed by atoms with Gasteiger partial charge in [-0.2, -0.15) is 5.48 Å². The normalized spacial score (nSPS) is 20.1. The highest BCUT2D eigenvalue weighted by molar-refractivity contribution is 6.06. The summed E-state index contributed by atoms with van der Waals surface area (Å²) >= 11 is 0. The quantitative estimate of drug-likeness (QED) is 0.0311. The third kappa shape index (κ3) is 17.2. The van der Waals surface area contributed by atoms with E-state index in [2.05, 4.69) is 27.7 Å². The number of nitrogens with one attached hydrogen (secondary N) is 2. The molecule has 3 aliphatic heterocycles. The third-order valence-electron chi connectivity index (χ3n) is 12.3. The van der Waals surface area contributed by atoms with Crippen LogP contribution in [0.2, 0.25) is 0 Å². The molecule has 3 aliphatic rings.